The second-order valence-corrected chi connectivity index (χ2v) is 4.55. The van der Waals surface area contributed by atoms with Crippen molar-refractivity contribution < 1.29 is 9.47 Å². The SMILES string of the molecule is COCCCNc1ccnc(NCC2CCCO2)n1. The minimum absolute atomic E-state index is 0.293. The van der Waals surface area contributed by atoms with Crippen molar-refractivity contribution in [2.75, 3.05) is 44.0 Å². The number of aromatic nitrogens is 2. The molecule has 0 saturated carbocycles. The van der Waals surface area contributed by atoms with Crippen LogP contribution in [0, 0.1) is 0 Å². The Labute approximate surface area is 113 Å². The Morgan fingerprint density at radius 1 is 1.47 bits per heavy atom. The summed E-state index contributed by atoms with van der Waals surface area (Å²) in [7, 11) is 1.71. The maximum absolute atomic E-state index is 5.55. The normalized spacial score (nSPS) is 18.5. The van der Waals surface area contributed by atoms with Crippen molar-refractivity contribution in [2.45, 2.75) is 25.4 Å². The molecule has 1 aliphatic rings. The van der Waals surface area contributed by atoms with Crippen LogP contribution in [0.25, 0.3) is 0 Å². The Morgan fingerprint density at radius 3 is 3.21 bits per heavy atom. The molecular formula is C13H22N4O2. The molecule has 1 aliphatic heterocycles. The first kappa shape index (κ1) is 14.0. The van der Waals surface area contributed by atoms with Gasteiger partial charge < -0.3 is 20.1 Å². The molecule has 0 aromatic carbocycles. The van der Waals surface area contributed by atoms with Gasteiger partial charge in [-0.05, 0) is 25.3 Å². The molecule has 0 bridgehead atoms. The zero-order valence-corrected chi connectivity index (χ0v) is 11.4. The van der Waals surface area contributed by atoms with Gasteiger partial charge in [0.25, 0.3) is 0 Å². The number of nitrogens with one attached hydrogen (secondary N) is 2. The van der Waals surface area contributed by atoms with Gasteiger partial charge in [-0.3, -0.25) is 0 Å². The van der Waals surface area contributed by atoms with E-state index in [1.165, 1.54) is 0 Å². The van der Waals surface area contributed by atoms with Crippen LogP contribution in [0.3, 0.4) is 0 Å². The molecular weight excluding hydrogens is 244 g/mol. The van der Waals surface area contributed by atoms with Crippen molar-refractivity contribution in [3.05, 3.63) is 12.3 Å². The largest absolute Gasteiger partial charge is 0.385 e. The van der Waals surface area contributed by atoms with Gasteiger partial charge >= 0.3 is 0 Å². The fourth-order valence-electron chi connectivity index (χ4n) is 1.99. The molecule has 1 atom stereocenters. The van der Waals surface area contributed by atoms with Gasteiger partial charge in [-0.25, -0.2) is 4.98 Å². The highest BCUT2D eigenvalue weighted by Crippen LogP contribution is 2.12. The van der Waals surface area contributed by atoms with Gasteiger partial charge in [0.2, 0.25) is 5.95 Å². The molecule has 2 heterocycles. The van der Waals surface area contributed by atoms with Crippen molar-refractivity contribution in [3.8, 4) is 0 Å². The zero-order chi connectivity index (χ0) is 13.3. The monoisotopic (exact) mass is 266 g/mol. The molecule has 1 aromatic heterocycles. The summed E-state index contributed by atoms with van der Waals surface area (Å²) in [6, 6.07) is 1.87. The lowest BCUT2D eigenvalue weighted by atomic mass is 10.2. The number of methoxy groups -OCH3 is 1. The van der Waals surface area contributed by atoms with Gasteiger partial charge in [-0.2, -0.15) is 4.98 Å². The summed E-state index contributed by atoms with van der Waals surface area (Å²) in [5.74, 6) is 1.48. The van der Waals surface area contributed by atoms with Crippen LogP contribution in [0.4, 0.5) is 11.8 Å². The van der Waals surface area contributed by atoms with Gasteiger partial charge in [0.1, 0.15) is 5.82 Å². The summed E-state index contributed by atoms with van der Waals surface area (Å²) < 4.78 is 10.5. The summed E-state index contributed by atoms with van der Waals surface area (Å²) >= 11 is 0. The summed E-state index contributed by atoms with van der Waals surface area (Å²) in [5, 5.41) is 6.46. The molecule has 1 unspecified atom stereocenters. The molecule has 2 N–H and O–H groups in total. The van der Waals surface area contributed by atoms with Crippen LogP contribution in [0.5, 0.6) is 0 Å². The minimum Gasteiger partial charge on any atom is -0.385 e. The number of ether oxygens (including phenoxy) is 2. The standard InChI is InChI=1S/C13H22N4O2/c1-18-8-3-6-14-12-5-7-15-13(17-12)16-10-11-4-2-9-19-11/h5,7,11H,2-4,6,8-10H2,1H3,(H2,14,15,16,17). The topological polar surface area (TPSA) is 68.3 Å². The molecule has 0 aliphatic carbocycles. The van der Waals surface area contributed by atoms with Crippen LogP contribution in [-0.2, 0) is 9.47 Å². The van der Waals surface area contributed by atoms with Crippen LogP contribution in [0.1, 0.15) is 19.3 Å². The molecule has 0 amide bonds. The van der Waals surface area contributed by atoms with E-state index >= 15 is 0 Å². The predicted molar refractivity (Wildman–Crippen MR) is 74.5 cm³/mol. The second kappa shape index (κ2) is 7.91. The van der Waals surface area contributed by atoms with E-state index in [-0.39, 0.29) is 0 Å². The Morgan fingerprint density at radius 2 is 2.42 bits per heavy atom. The van der Waals surface area contributed by atoms with Crippen molar-refractivity contribution in [1.82, 2.24) is 9.97 Å². The highest BCUT2D eigenvalue weighted by Gasteiger charge is 2.15. The summed E-state index contributed by atoms with van der Waals surface area (Å²) in [5.41, 5.74) is 0. The average Bonchev–Trinajstić information content (AvgIpc) is 2.95. The molecule has 2 rings (SSSR count). The molecule has 106 valence electrons. The summed E-state index contributed by atoms with van der Waals surface area (Å²) in [4.78, 5) is 8.60. The third kappa shape index (κ3) is 5.00. The average molecular weight is 266 g/mol. The van der Waals surface area contributed by atoms with E-state index in [0.717, 1.165) is 51.4 Å². The first-order valence-corrected chi connectivity index (χ1v) is 6.80. The van der Waals surface area contributed by atoms with Crippen molar-refractivity contribution in [2.24, 2.45) is 0 Å². The number of nitrogens with zero attached hydrogens (tertiary/aromatic N) is 2. The van der Waals surface area contributed by atoms with Gasteiger partial charge in [0.15, 0.2) is 0 Å². The van der Waals surface area contributed by atoms with E-state index in [0.29, 0.717) is 12.1 Å². The Kier molecular flexibility index (Phi) is 5.84. The minimum atomic E-state index is 0.293. The Hall–Kier alpha value is -1.40. The lowest BCUT2D eigenvalue weighted by Gasteiger charge is -2.11. The van der Waals surface area contributed by atoms with Crippen LogP contribution in [0.2, 0.25) is 0 Å². The number of rotatable bonds is 8. The molecule has 0 radical (unpaired) electrons. The van der Waals surface area contributed by atoms with Crippen molar-refractivity contribution in [1.29, 1.82) is 0 Å². The van der Waals surface area contributed by atoms with E-state index < -0.39 is 0 Å². The second-order valence-electron chi connectivity index (χ2n) is 4.55. The van der Waals surface area contributed by atoms with E-state index in [1.54, 1.807) is 13.3 Å². The molecule has 1 aromatic rings. The molecule has 1 saturated heterocycles. The number of hydrogen-bond donors (Lipinski definition) is 2. The van der Waals surface area contributed by atoms with Gasteiger partial charge in [0.05, 0.1) is 6.10 Å². The van der Waals surface area contributed by atoms with Gasteiger partial charge in [-0.15, -0.1) is 0 Å². The zero-order valence-electron chi connectivity index (χ0n) is 11.4. The lowest BCUT2D eigenvalue weighted by molar-refractivity contribution is 0.120. The maximum Gasteiger partial charge on any atom is 0.224 e. The summed E-state index contributed by atoms with van der Waals surface area (Å²) in [6.45, 7) is 3.24. The van der Waals surface area contributed by atoms with E-state index in [1.807, 2.05) is 6.07 Å². The quantitative estimate of drug-likeness (QED) is 0.695. The highest BCUT2D eigenvalue weighted by molar-refractivity contribution is 5.39. The first-order valence-electron chi connectivity index (χ1n) is 6.80. The predicted octanol–water partition coefficient (Wildman–Crippen LogP) is 1.52. The molecule has 6 heteroatoms. The van der Waals surface area contributed by atoms with Crippen LogP contribution < -0.4 is 10.6 Å². The van der Waals surface area contributed by atoms with Crippen LogP contribution >= 0.6 is 0 Å². The van der Waals surface area contributed by atoms with E-state index in [4.69, 9.17) is 9.47 Å². The number of hydrogen-bond acceptors (Lipinski definition) is 6. The summed E-state index contributed by atoms with van der Waals surface area (Å²) in [6.07, 6.45) is 5.26. The van der Waals surface area contributed by atoms with Crippen molar-refractivity contribution in [3.63, 3.8) is 0 Å². The Balaban J connectivity index is 1.74. The van der Waals surface area contributed by atoms with Gasteiger partial charge in [-0.1, -0.05) is 0 Å². The third-order valence-electron chi connectivity index (χ3n) is 3.00. The lowest BCUT2D eigenvalue weighted by Crippen LogP contribution is -2.19. The molecule has 6 nitrogen and oxygen atoms in total. The third-order valence-corrected chi connectivity index (χ3v) is 3.00. The van der Waals surface area contributed by atoms with Crippen LogP contribution in [0.15, 0.2) is 12.3 Å². The van der Waals surface area contributed by atoms with E-state index in [9.17, 15) is 0 Å². The van der Waals surface area contributed by atoms with E-state index in [2.05, 4.69) is 20.6 Å². The van der Waals surface area contributed by atoms with Crippen molar-refractivity contribution >= 4 is 11.8 Å². The van der Waals surface area contributed by atoms with Gasteiger partial charge in [0, 0.05) is 39.6 Å². The smallest absolute Gasteiger partial charge is 0.224 e. The van der Waals surface area contributed by atoms with Crippen LogP contribution in [-0.4, -0.2) is 49.5 Å². The maximum atomic E-state index is 5.55. The molecule has 0 spiro atoms. The Bertz CT molecular complexity index is 369. The number of anilines is 2. The fraction of sp³-hybridized carbons (Fsp3) is 0.692. The molecule has 1 fully saturated rings. The molecule has 19 heavy (non-hydrogen) atoms. The first-order chi connectivity index (χ1) is 9.38. The fourth-order valence-corrected chi connectivity index (χ4v) is 1.99. The highest BCUT2D eigenvalue weighted by atomic mass is 16.5.